The van der Waals surface area contributed by atoms with Crippen LogP contribution < -0.4 is 10.1 Å². The molecule has 0 atom stereocenters. The van der Waals surface area contributed by atoms with E-state index in [1.807, 2.05) is 12.1 Å². The third kappa shape index (κ3) is 4.11. The fraction of sp³-hybridized carbons (Fsp3) is 0.294. The van der Waals surface area contributed by atoms with Crippen LogP contribution in [0.1, 0.15) is 16.7 Å². The van der Waals surface area contributed by atoms with E-state index < -0.39 is 0 Å². The quantitative estimate of drug-likeness (QED) is 0.799. The molecule has 100 valence electrons. The third-order valence-electron chi connectivity index (χ3n) is 3.33. The number of hydrogen-bond acceptors (Lipinski definition) is 2. The van der Waals surface area contributed by atoms with Crippen molar-refractivity contribution in [3.8, 4) is 5.75 Å². The molecule has 0 heterocycles. The van der Waals surface area contributed by atoms with Crippen LogP contribution in [0.2, 0.25) is 0 Å². The van der Waals surface area contributed by atoms with Gasteiger partial charge in [-0.25, -0.2) is 0 Å². The van der Waals surface area contributed by atoms with E-state index in [2.05, 4.69) is 48.6 Å². The monoisotopic (exact) mass is 255 g/mol. The summed E-state index contributed by atoms with van der Waals surface area (Å²) in [6.45, 7) is 4.07. The first-order chi connectivity index (χ1) is 9.29. The van der Waals surface area contributed by atoms with Gasteiger partial charge in [0.2, 0.25) is 0 Å². The predicted molar refractivity (Wildman–Crippen MR) is 79.6 cm³/mol. The fourth-order valence-corrected chi connectivity index (χ4v) is 2.06. The predicted octanol–water partition coefficient (Wildman–Crippen LogP) is 3.34. The summed E-state index contributed by atoms with van der Waals surface area (Å²) in [5.74, 6) is 0.914. The number of hydrogen-bond donors (Lipinski definition) is 1. The highest BCUT2D eigenvalue weighted by molar-refractivity contribution is 5.27. The summed E-state index contributed by atoms with van der Waals surface area (Å²) in [7, 11) is 1.69. The normalized spacial score (nSPS) is 10.4. The van der Waals surface area contributed by atoms with Gasteiger partial charge in [-0.3, -0.25) is 0 Å². The van der Waals surface area contributed by atoms with Crippen molar-refractivity contribution in [1.29, 1.82) is 0 Å². The smallest absolute Gasteiger partial charge is 0.118 e. The molecule has 1 N–H and O–H groups in total. The minimum atomic E-state index is 0.914. The van der Waals surface area contributed by atoms with Crippen LogP contribution in [0.4, 0.5) is 0 Å². The molecule has 0 unspecified atom stereocenters. The van der Waals surface area contributed by atoms with E-state index in [-0.39, 0.29) is 0 Å². The summed E-state index contributed by atoms with van der Waals surface area (Å²) in [5, 5.41) is 3.49. The molecule has 0 amide bonds. The summed E-state index contributed by atoms with van der Waals surface area (Å²) >= 11 is 0. The Morgan fingerprint density at radius 2 is 1.74 bits per heavy atom. The maximum absolute atomic E-state index is 5.15. The Hall–Kier alpha value is -1.80. The zero-order chi connectivity index (χ0) is 13.5. The SMILES string of the molecule is COc1ccc(CCNCc2ccccc2C)cc1. The van der Waals surface area contributed by atoms with E-state index in [0.717, 1.165) is 25.3 Å². The van der Waals surface area contributed by atoms with Crippen molar-refractivity contribution >= 4 is 0 Å². The molecule has 0 radical (unpaired) electrons. The van der Waals surface area contributed by atoms with E-state index in [1.165, 1.54) is 16.7 Å². The molecular formula is C17H21NO. The molecule has 2 heteroatoms. The minimum Gasteiger partial charge on any atom is -0.497 e. The van der Waals surface area contributed by atoms with Crippen LogP contribution in [0.25, 0.3) is 0 Å². The van der Waals surface area contributed by atoms with Gasteiger partial charge in [0.1, 0.15) is 5.75 Å². The summed E-state index contributed by atoms with van der Waals surface area (Å²) in [5.41, 5.74) is 4.05. The first kappa shape index (κ1) is 13.6. The van der Waals surface area contributed by atoms with Crippen LogP contribution in [0.3, 0.4) is 0 Å². The molecule has 2 aromatic carbocycles. The largest absolute Gasteiger partial charge is 0.497 e. The van der Waals surface area contributed by atoms with E-state index in [1.54, 1.807) is 7.11 Å². The van der Waals surface area contributed by atoms with Gasteiger partial charge in [-0.15, -0.1) is 0 Å². The number of aryl methyl sites for hydroxylation is 1. The Bertz CT molecular complexity index is 505. The lowest BCUT2D eigenvalue weighted by Crippen LogP contribution is -2.17. The van der Waals surface area contributed by atoms with Gasteiger partial charge in [-0.05, 0) is 48.7 Å². The molecule has 0 aliphatic carbocycles. The van der Waals surface area contributed by atoms with E-state index in [9.17, 15) is 0 Å². The van der Waals surface area contributed by atoms with E-state index in [0.29, 0.717) is 0 Å². The first-order valence-corrected chi connectivity index (χ1v) is 6.68. The van der Waals surface area contributed by atoms with Gasteiger partial charge in [-0.2, -0.15) is 0 Å². The molecule has 0 aliphatic heterocycles. The van der Waals surface area contributed by atoms with Gasteiger partial charge in [-0.1, -0.05) is 36.4 Å². The molecule has 19 heavy (non-hydrogen) atoms. The van der Waals surface area contributed by atoms with Crippen molar-refractivity contribution in [2.45, 2.75) is 19.9 Å². The van der Waals surface area contributed by atoms with Gasteiger partial charge in [0.25, 0.3) is 0 Å². The average Bonchev–Trinajstić information content (AvgIpc) is 2.46. The minimum absolute atomic E-state index is 0.914. The van der Waals surface area contributed by atoms with Crippen LogP contribution in [0, 0.1) is 6.92 Å². The summed E-state index contributed by atoms with van der Waals surface area (Å²) < 4.78 is 5.15. The molecular weight excluding hydrogens is 234 g/mol. The fourth-order valence-electron chi connectivity index (χ4n) is 2.06. The van der Waals surface area contributed by atoms with Gasteiger partial charge in [0, 0.05) is 6.54 Å². The Kier molecular flexibility index (Phi) is 4.99. The van der Waals surface area contributed by atoms with Gasteiger partial charge >= 0.3 is 0 Å². The van der Waals surface area contributed by atoms with Crippen LogP contribution in [-0.2, 0) is 13.0 Å². The van der Waals surface area contributed by atoms with Crippen LogP contribution in [0.5, 0.6) is 5.75 Å². The number of methoxy groups -OCH3 is 1. The summed E-state index contributed by atoms with van der Waals surface area (Å²) in [4.78, 5) is 0. The van der Waals surface area contributed by atoms with Crippen LogP contribution in [0.15, 0.2) is 48.5 Å². The van der Waals surface area contributed by atoms with Crippen molar-refractivity contribution in [2.24, 2.45) is 0 Å². The molecule has 0 spiro atoms. The molecule has 2 rings (SSSR count). The zero-order valence-corrected chi connectivity index (χ0v) is 11.6. The third-order valence-corrected chi connectivity index (χ3v) is 3.33. The van der Waals surface area contributed by atoms with Crippen LogP contribution >= 0.6 is 0 Å². The Morgan fingerprint density at radius 1 is 1.00 bits per heavy atom. The lowest BCUT2D eigenvalue weighted by Gasteiger charge is -2.08. The van der Waals surface area contributed by atoms with Crippen molar-refractivity contribution in [3.05, 3.63) is 65.2 Å². The molecule has 2 aromatic rings. The molecule has 0 bridgehead atoms. The Morgan fingerprint density at radius 3 is 2.42 bits per heavy atom. The second kappa shape index (κ2) is 6.95. The van der Waals surface area contributed by atoms with Gasteiger partial charge in [0.15, 0.2) is 0 Å². The summed E-state index contributed by atoms with van der Waals surface area (Å²) in [6.07, 6.45) is 1.04. The topological polar surface area (TPSA) is 21.3 Å². The van der Waals surface area contributed by atoms with Gasteiger partial charge in [0.05, 0.1) is 7.11 Å². The highest BCUT2D eigenvalue weighted by atomic mass is 16.5. The molecule has 0 aromatic heterocycles. The number of nitrogens with one attached hydrogen (secondary N) is 1. The maximum Gasteiger partial charge on any atom is 0.118 e. The number of ether oxygens (including phenoxy) is 1. The van der Waals surface area contributed by atoms with Crippen molar-refractivity contribution in [3.63, 3.8) is 0 Å². The van der Waals surface area contributed by atoms with Crippen molar-refractivity contribution in [1.82, 2.24) is 5.32 Å². The lowest BCUT2D eigenvalue weighted by molar-refractivity contribution is 0.414. The second-order valence-corrected chi connectivity index (χ2v) is 4.70. The van der Waals surface area contributed by atoms with Crippen LogP contribution in [-0.4, -0.2) is 13.7 Å². The van der Waals surface area contributed by atoms with E-state index in [4.69, 9.17) is 4.74 Å². The lowest BCUT2D eigenvalue weighted by atomic mass is 10.1. The molecule has 0 saturated heterocycles. The molecule has 0 fully saturated rings. The molecule has 0 saturated carbocycles. The van der Waals surface area contributed by atoms with Crippen molar-refractivity contribution in [2.75, 3.05) is 13.7 Å². The Labute approximate surface area is 115 Å². The van der Waals surface area contributed by atoms with Crippen molar-refractivity contribution < 1.29 is 4.74 Å². The van der Waals surface area contributed by atoms with E-state index >= 15 is 0 Å². The second-order valence-electron chi connectivity index (χ2n) is 4.70. The first-order valence-electron chi connectivity index (χ1n) is 6.68. The standard InChI is InChI=1S/C17H21NO/c1-14-5-3-4-6-16(14)13-18-12-11-15-7-9-17(19-2)10-8-15/h3-10,18H,11-13H2,1-2H3. The highest BCUT2D eigenvalue weighted by Crippen LogP contribution is 2.11. The summed E-state index contributed by atoms with van der Waals surface area (Å²) in [6, 6.07) is 16.8. The number of benzene rings is 2. The zero-order valence-electron chi connectivity index (χ0n) is 11.6. The maximum atomic E-state index is 5.15. The molecule has 0 aliphatic rings. The number of rotatable bonds is 6. The average molecular weight is 255 g/mol. The van der Waals surface area contributed by atoms with Gasteiger partial charge < -0.3 is 10.1 Å². The Balaban J connectivity index is 1.76. The molecule has 2 nitrogen and oxygen atoms in total. The highest BCUT2D eigenvalue weighted by Gasteiger charge is 1.97.